The second kappa shape index (κ2) is 4.86. The van der Waals surface area contributed by atoms with Crippen LogP contribution in [0.2, 0.25) is 0 Å². The lowest BCUT2D eigenvalue weighted by Crippen LogP contribution is -1.94. The molecule has 0 aliphatic carbocycles. The number of benzene rings is 1. The van der Waals surface area contributed by atoms with Crippen molar-refractivity contribution in [1.29, 1.82) is 0 Å². The maximum Gasteiger partial charge on any atom is 0.294 e. The first-order chi connectivity index (χ1) is 7.38. The zero-order valence-electron chi connectivity index (χ0n) is 8.09. The number of nitrogens with zero attached hydrogens (tertiary/aromatic N) is 2. The lowest BCUT2D eigenvalue weighted by atomic mass is 10.2. The molecule has 1 aromatic carbocycles. The van der Waals surface area contributed by atoms with E-state index in [0.717, 1.165) is 10.6 Å². The monoisotopic (exact) mass is 221 g/mol. The van der Waals surface area contributed by atoms with Crippen molar-refractivity contribution in [3.63, 3.8) is 0 Å². The summed E-state index contributed by atoms with van der Waals surface area (Å²) in [7, 11) is 0. The summed E-state index contributed by atoms with van der Waals surface area (Å²) in [4.78, 5) is 0. The van der Waals surface area contributed by atoms with E-state index in [-0.39, 0.29) is 0 Å². The topological polar surface area (TPSA) is 61.0 Å². The molecule has 1 aromatic heterocycles. The van der Waals surface area contributed by atoms with Gasteiger partial charge in [0.2, 0.25) is 0 Å². The third-order valence-electron chi connectivity index (χ3n) is 1.83. The maximum absolute atomic E-state index is 5.46. The minimum Gasteiger partial charge on any atom is -0.464 e. The first-order valence-corrected chi connectivity index (χ1v) is 5.39. The summed E-state index contributed by atoms with van der Waals surface area (Å²) in [5, 5.41) is 9.09. The van der Waals surface area contributed by atoms with E-state index in [2.05, 4.69) is 10.2 Å². The highest BCUT2D eigenvalue weighted by atomic mass is 32.1. The smallest absolute Gasteiger partial charge is 0.294 e. The number of hydrogen-bond donors (Lipinski definition) is 1. The summed E-state index contributed by atoms with van der Waals surface area (Å²) in [6.07, 6.45) is 0. The summed E-state index contributed by atoms with van der Waals surface area (Å²) < 4.78 is 5.46. The fraction of sp³-hybridized carbons (Fsp3) is 0.200. The summed E-state index contributed by atoms with van der Waals surface area (Å²) in [6.45, 7) is 0.923. The fourth-order valence-electron chi connectivity index (χ4n) is 1.10. The molecule has 78 valence electrons. The van der Waals surface area contributed by atoms with Gasteiger partial charge in [0.15, 0.2) is 0 Å². The fourth-order valence-corrected chi connectivity index (χ4v) is 1.66. The van der Waals surface area contributed by atoms with Crippen molar-refractivity contribution in [3.8, 4) is 5.19 Å². The van der Waals surface area contributed by atoms with Gasteiger partial charge < -0.3 is 10.5 Å². The van der Waals surface area contributed by atoms with Crippen molar-refractivity contribution in [3.05, 3.63) is 40.9 Å². The van der Waals surface area contributed by atoms with Crippen LogP contribution in [0.1, 0.15) is 10.6 Å². The largest absolute Gasteiger partial charge is 0.464 e. The van der Waals surface area contributed by atoms with E-state index in [4.69, 9.17) is 10.5 Å². The van der Waals surface area contributed by atoms with Crippen LogP contribution in [-0.2, 0) is 13.2 Å². The van der Waals surface area contributed by atoms with Crippen LogP contribution < -0.4 is 10.5 Å². The van der Waals surface area contributed by atoms with Gasteiger partial charge in [-0.1, -0.05) is 46.8 Å². The van der Waals surface area contributed by atoms with E-state index >= 15 is 0 Å². The van der Waals surface area contributed by atoms with Crippen LogP contribution >= 0.6 is 11.3 Å². The van der Waals surface area contributed by atoms with E-state index in [1.54, 1.807) is 0 Å². The Morgan fingerprint density at radius 3 is 2.67 bits per heavy atom. The molecule has 2 rings (SSSR count). The van der Waals surface area contributed by atoms with E-state index in [1.165, 1.54) is 11.3 Å². The van der Waals surface area contributed by atoms with Crippen molar-refractivity contribution in [2.75, 3.05) is 0 Å². The Morgan fingerprint density at radius 1 is 1.20 bits per heavy atom. The van der Waals surface area contributed by atoms with Crippen LogP contribution in [0.25, 0.3) is 0 Å². The van der Waals surface area contributed by atoms with Gasteiger partial charge >= 0.3 is 0 Å². The predicted octanol–water partition coefficient (Wildman–Crippen LogP) is 1.58. The van der Waals surface area contributed by atoms with Gasteiger partial charge in [-0.15, -0.1) is 5.10 Å². The third kappa shape index (κ3) is 2.74. The average molecular weight is 221 g/mol. The molecule has 4 nitrogen and oxygen atoms in total. The first-order valence-electron chi connectivity index (χ1n) is 4.57. The van der Waals surface area contributed by atoms with Crippen LogP contribution in [0.4, 0.5) is 0 Å². The lowest BCUT2D eigenvalue weighted by Gasteiger charge is -2.00. The summed E-state index contributed by atoms with van der Waals surface area (Å²) in [6, 6.07) is 9.94. The first kappa shape index (κ1) is 10.1. The number of hydrogen-bond acceptors (Lipinski definition) is 5. The van der Waals surface area contributed by atoms with Crippen molar-refractivity contribution < 1.29 is 4.74 Å². The highest BCUT2D eigenvalue weighted by molar-refractivity contribution is 7.13. The average Bonchev–Trinajstić information content (AvgIpc) is 2.76. The second-order valence-electron chi connectivity index (χ2n) is 2.94. The molecule has 0 aliphatic rings. The predicted molar refractivity (Wildman–Crippen MR) is 58.6 cm³/mol. The van der Waals surface area contributed by atoms with E-state index in [9.17, 15) is 0 Å². The highest BCUT2D eigenvalue weighted by Gasteiger charge is 2.03. The summed E-state index contributed by atoms with van der Waals surface area (Å²) >= 11 is 1.38. The number of aromatic nitrogens is 2. The van der Waals surface area contributed by atoms with Gasteiger partial charge in [0.05, 0.1) is 0 Å². The molecule has 0 aliphatic heterocycles. The third-order valence-corrected chi connectivity index (χ3v) is 2.69. The molecule has 15 heavy (non-hydrogen) atoms. The van der Waals surface area contributed by atoms with E-state index in [1.807, 2.05) is 30.3 Å². The van der Waals surface area contributed by atoms with Crippen molar-refractivity contribution in [2.45, 2.75) is 13.2 Å². The Hall–Kier alpha value is -1.46. The number of ether oxygens (including phenoxy) is 1. The van der Waals surface area contributed by atoms with Gasteiger partial charge in [0.1, 0.15) is 11.6 Å². The molecule has 0 saturated carbocycles. The molecule has 5 heteroatoms. The van der Waals surface area contributed by atoms with Crippen molar-refractivity contribution in [1.82, 2.24) is 10.2 Å². The van der Waals surface area contributed by atoms with E-state index in [0.29, 0.717) is 18.3 Å². The standard InChI is InChI=1S/C10H11N3OS/c11-6-9-12-13-10(15-9)14-7-8-4-2-1-3-5-8/h1-5H,6-7,11H2. The van der Waals surface area contributed by atoms with Crippen LogP contribution in [-0.4, -0.2) is 10.2 Å². The molecular weight excluding hydrogens is 210 g/mol. The molecule has 0 radical (unpaired) electrons. The van der Waals surface area contributed by atoms with Gasteiger partial charge in [-0.05, 0) is 5.56 Å². The number of rotatable bonds is 4. The summed E-state index contributed by atoms with van der Waals surface area (Å²) in [5.74, 6) is 0. The molecule has 0 unspecified atom stereocenters. The molecular formula is C10H11N3OS. The summed E-state index contributed by atoms with van der Waals surface area (Å²) in [5.41, 5.74) is 6.54. The van der Waals surface area contributed by atoms with Crippen LogP contribution in [0.15, 0.2) is 30.3 Å². The molecule has 0 atom stereocenters. The second-order valence-corrected chi connectivity index (χ2v) is 3.96. The van der Waals surface area contributed by atoms with Crippen LogP contribution in [0, 0.1) is 0 Å². The minimum absolute atomic E-state index is 0.409. The Kier molecular flexibility index (Phi) is 3.26. The van der Waals surface area contributed by atoms with Crippen molar-refractivity contribution >= 4 is 11.3 Å². The van der Waals surface area contributed by atoms with Crippen molar-refractivity contribution in [2.24, 2.45) is 5.73 Å². The molecule has 0 saturated heterocycles. The SMILES string of the molecule is NCc1nnc(OCc2ccccc2)s1. The number of nitrogens with two attached hydrogens (primary N) is 1. The lowest BCUT2D eigenvalue weighted by molar-refractivity contribution is 0.302. The molecule has 0 bridgehead atoms. The molecule has 1 heterocycles. The van der Waals surface area contributed by atoms with Gasteiger partial charge in [-0.3, -0.25) is 0 Å². The van der Waals surface area contributed by atoms with Gasteiger partial charge in [0.25, 0.3) is 5.19 Å². The van der Waals surface area contributed by atoms with Gasteiger partial charge in [0, 0.05) is 6.54 Å². The molecule has 0 fully saturated rings. The van der Waals surface area contributed by atoms with Crippen LogP contribution in [0.3, 0.4) is 0 Å². The quantitative estimate of drug-likeness (QED) is 0.851. The normalized spacial score (nSPS) is 10.2. The Balaban J connectivity index is 1.93. The molecule has 0 spiro atoms. The zero-order chi connectivity index (χ0) is 10.5. The molecule has 2 N–H and O–H groups in total. The van der Waals surface area contributed by atoms with Crippen LogP contribution in [0.5, 0.6) is 5.19 Å². The highest BCUT2D eigenvalue weighted by Crippen LogP contribution is 2.18. The van der Waals surface area contributed by atoms with E-state index < -0.39 is 0 Å². The minimum atomic E-state index is 0.409. The van der Waals surface area contributed by atoms with Gasteiger partial charge in [-0.2, -0.15) is 0 Å². The Morgan fingerprint density at radius 2 is 2.00 bits per heavy atom. The molecule has 2 aromatic rings. The zero-order valence-corrected chi connectivity index (χ0v) is 8.91. The van der Waals surface area contributed by atoms with Gasteiger partial charge in [-0.25, -0.2) is 0 Å². The maximum atomic E-state index is 5.46. The molecule has 0 amide bonds. The Labute approximate surface area is 91.7 Å². The Bertz CT molecular complexity index is 416.